The summed E-state index contributed by atoms with van der Waals surface area (Å²) in [6.45, 7) is 5.73. The van der Waals surface area contributed by atoms with Crippen LogP contribution in [-0.2, 0) is 14.9 Å². The second-order valence-corrected chi connectivity index (χ2v) is 4.78. The molecule has 0 aliphatic heterocycles. The summed E-state index contributed by atoms with van der Waals surface area (Å²) in [5, 5.41) is 2.60. The molecule has 0 aromatic carbocycles. The minimum Gasteiger partial charge on any atom is -0.375 e. The van der Waals surface area contributed by atoms with Crippen LogP contribution in [0, 0.1) is 5.82 Å². The Kier molecular flexibility index (Phi) is 4.17. The number of nitrogens with zero attached hydrogens (tertiary/aromatic N) is 1. The molecule has 0 atom stereocenters. The highest BCUT2D eigenvalue weighted by atomic mass is 19.1. The minimum absolute atomic E-state index is 0.0529. The molecule has 0 aliphatic carbocycles. The van der Waals surface area contributed by atoms with Gasteiger partial charge in [-0.05, 0) is 11.5 Å². The first kappa shape index (κ1) is 13.6. The maximum absolute atomic E-state index is 13.2. The number of halogens is 1. The van der Waals surface area contributed by atoms with Gasteiger partial charge < -0.3 is 10.1 Å². The molecule has 0 saturated carbocycles. The number of pyridine rings is 1. The van der Waals surface area contributed by atoms with E-state index in [0.717, 1.165) is 6.20 Å². The van der Waals surface area contributed by atoms with Gasteiger partial charge >= 0.3 is 0 Å². The van der Waals surface area contributed by atoms with Crippen LogP contribution in [0.3, 0.4) is 0 Å². The Morgan fingerprint density at radius 1 is 1.53 bits per heavy atom. The molecule has 0 fully saturated rings. The molecular weight excluding hydrogens is 223 g/mol. The summed E-state index contributed by atoms with van der Waals surface area (Å²) in [4.78, 5) is 15.3. The molecule has 0 spiro atoms. The molecule has 0 aliphatic rings. The zero-order valence-corrected chi connectivity index (χ0v) is 10.5. The van der Waals surface area contributed by atoms with E-state index in [1.165, 1.54) is 13.2 Å². The standard InChI is InChI=1S/C12H17FN2O2/c1-12(2,3)9-5-8(13)6-14-11(9)15-10(16)7-17-4/h5-6H,7H2,1-4H3,(H,14,15,16). The first-order chi connectivity index (χ1) is 7.84. The van der Waals surface area contributed by atoms with Crippen molar-refractivity contribution in [2.24, 2.45) is 0 Å². The van der Waals surface area contributed by atoms with Crippen molar-refractivity contribution < 1.29 is 13.9 Å². The van der Waals surface area contributed by atoms with E-state index in [0.29, 0.717) is 11.4 Å². The predicted molar refractivity (Wildman–Crippen MR) is 63.4 cm³/mol. The number of carbonyl (C=O) groups excluding carboxylic acids is 1. The van der Waals surface area contributed by atoms with Gasteiger partial charge in [0.15, 0.2) is 0 Å². The van der Waals surface area contributed by atoms with Crippen molar-refractivity contribution >= 4 is 11.7 Å². The van der Waals surface area contributed by atoms with Gasteiger partial charge in [-0.25, -0.2) is 9.37 Å². The molecule has 4 nitrogen and oxygen atoms in total. The summed E-state index contributed by atoms with van der Waals surface area (Å²) in [5.74, 6) is -0.349. The molecule has 1 heterocycles. The van der Waals surface area contributed by atoms with E-state index in [9.17, 15) is 9.18 Å². The van der Waals surface area contributed by atoms with Gasteiger partial charge in [0.05, 0.1) is 6.20 Å². The first-order valence-electron chi connectivity index (χ1n) is 5.29. The van der Waals surface area contributed by atoms with Crippen LogP contribution in [0.1, 0.15) is 26.3 Å². The van der Waals surface area contributed by atoms with Gasteiger partial charge in [-0.3, -0.25) is 4.79 Å². The van der Waals surface area contributed by atoms with E-state index in [1.807, 2.05) is 20.8 Å². The number of nitrogens with one attached hydrogen (secondary N) is 1. The van der Waals surface area contributed by atoms with Crippen molar-refractivity contribution in [3.8, 4) is 0 Å². The zero-order valence-electron chi connectivity index (χ0n) is 10.5. The molecule has 1 rings (SSSR count). The Morgan fingerprint density at radius 2 is 2.18 bits per heavy atom. The van der Waals surface area contributed by atoms with Crippen LogP contribution in [-0.4, -0.2) is 24.6 Å². The van der Waals surface area contributed by atoms with Crippen LogP contribution in [0.2, 0.25) is 0 Å². The zero-order chi connectivity index (χ0) is 13.1. The van der Waals surface area contributed by atoms with Crippen LogP contribution >= 0.6 is 0 Å². The van der Waals surface area contributed by atoms with Gasteiger partial charge in [-0.2, -0.15) is 0 Å². The Hall–Kier alpha value is -1.49. The van der Waals surface area contributed by atoms with Crippen molar-refractivity contribution in [2.45, 2.75) is 26.2 Å². The average molecular weight is 240 g/mol. The molecule has 1 amide bonds. The van der Waals surface area contributed by atoms with E-state index in [4.69, 9.17) is 4.74 Å². The average Bonchev–Trinajstić information content (AvgIpc) is 2.19. The van der Waals surface area contributed by atoms with Gasteiger partial charge in [-0.1, -0.05) is 20.8 Å². The number of ether oxygens (including phenoxy) is 1. The lowest BCUT2D eigenvalue weighted by Crippen LogP contribution is -2.22. The van der Waals surface area contributed by atoms with Gasteiger partial charge in [0.1, 0.15) is 18.2 Å². The minimum atomic E-state index is -0.417. The molecule has 1 aromatic heterocycles. The van der Waals surface area contributed by atoms with Crippen LogP contribution < -0.4 is 5.32 Å². The molecule has 0 saturated heterocycles. The molecule has 94 valence electrons. The highest BCUT2D eigenvalue weighted by Gasteiger charge is 2.21. The molecule has 0 bridgehead atoms. The van der Waals surface area contributed by atoms with Crippen molar-refractivity contribution in [3.63, 3.8) is 0 Å². The van der Waals surface area contributed by atoms with Gasteiger partial charge in [0.25, 0.3) is 5.91 Å². The van der Waals surface area contributed by atoms with E-state index in [-0.39, 0.29) is 17.9 Å². The maximum atomic E-state index is 13.2. The highest BCUT2D eigenvalue weighted by molar-refractivity contribution is 5.91. The van der Waals surface area contributed by atoms with Crippen molar-refractivity contribution in [1.82, 2.24) is 4.98 Å². The van der Waals surface area contributed by atoms with Crippen molar-refractivity contribution in [2.75, 3.05) is 19.0 Å². The molecule has 5 heteroatoms. The second kappa shape index (κ2) is 5.23. The topological polar surface area (TPSA) is 51.2 Å². The second-order valence-electron chi connectivity index (χ2n) is 4.78. The molecule has 0 unspecified atom stereocenters. The normalized spacial score (nSPS) is 11.4. The van der Waals surface area contributed by atoms with Gasteiger partial charge in [-0.15, -0.1) is 0 Å². The highest BCUT2D eigenvalue weighted by Crippen LogP contribution is 2.28. The number of hydrogen-bond donors (Lipinski definition) is 1. The fraction of sp³-hybridized carbons (Fsp3) is 0.500. The predicted octanol–water partition coefficient (Wildman–Crippen LogP) is 2.10. The molecular formula is C12H17FN2O2. The third-order valence-corrected chi connectivity index (χ3v) is 2.20. The van der Waals surface area contributed by atoms with E-state index in [1.54, 1.807) is 0 Å². The SMILES string of the molecule is COCC(=O)Nc1ncc(F)cc1C(C)(C)C. The lowest BCUT2D eigenvalue weighted by atomic mass is 9.87. The van der Waals surface area contributed by atoms with Gasteiger partial charge in [0.2, 0.25) is 0 Å². The largest absolute Gasteiger partial charge is 0.375 e. The fourth-order valence-electron chi connectivity index (χ4n) is 1.41. The summed E-state index contributed by atoms with van der Waals surface area (Å²) in [7, 11) is 1.43. The lowest BCUT2D eigenvalue weighted by Gasteiger charge is -2.22. The number of hydrogen-bond acceptors (Lipinski definition) is 3. The smallest absolute Gasteiger partial charge is 0.251 e. The number of carbonyl (C=O) groups is 1. The van der Waals surface area contributed by atoms with E-state index >= 15 is 0 Å². The van der Waals surface area contributed by atoms with E-state index in [2.05, 4.69) is 10.3 Å². The summed E-state index contributed by atoms with van der Waals surface area (Å²) in [6.07, 6.45) is 1.08. The Labute approximate surface area is 100 Å². The summed E-state index contributed by atoms with van der Waals surface area (Å²) in [5.41, 5.74) is 0.354. The number of amides is 1. The van der Waals surface area contributed by atoms with E-state index < -0.39 is 5.82 Å². The molecule has 17 heavy (non-hydrogen) atoms. The maximum Gasteiger partial charge on any atom is 0.251 e. The quantitative estimate of drug-likeness (QED) is 0.880. The molecule has 1 N–H and O–H groups in total. The number of rotatable bonds is 3. The molecule has 0 radical (unpaired) electrons. The third-order valence-electron chi connectivity index (χ3n) is 2.20. The van der Waals surface area contributed by atoms with Crippen LogP contribution in [0.4, 0.5) is 10.2 Å². The number of aromatic nitrogens is 1. The van der Waals surface area contributed by atoms with Crippen LogP contribution in [0.5, 0.6) is 0 Å². The Balaban J connectivity index is 3.03. The van der Waals surface area contributed by atoms with Crippen LogP contribution in [0.15, 0.2) is 12.3 Å². The van der Waals surface area contributed by atoms with Gasteiger partial charge in [0, 0.05) is 12.7 Å². The molecule has 1 aromatic rings. The fourth-order valence-corrected chi connectivity index (χ4v) is 1.41. The third kappa shape index (κ3) is 3.78. The van der Waals surface area contributed by atoms with Crippen LogP contribution in [0.25, 0.3) is 0 Å². The van der Waals surface area contributed by atoms with Crippen molar-refractivity contribution in [3.05, 3.63) is 23.6 Å². The summed E-state index contributed by atoms with van der Waals surface area (Å²) >= 11 is 0. The number of methoxy groups -OCH3 is 1. The summed E-state index contributed by atoms with van der Waals surface area (Å²) < 4.78 is 17.9. The Bertz CT molecular complexity index is 413. The Morgan fingerprint density at radius 3 is 2.71 bits per heavy atom. The first-order valence-corrected chi connectivity index (χ1v) is 5.29. The number of anilines is 1. The summed E-state index contributed by atoms with van der Waals surface area (Å²) in [6, 6.07) is 1.38. The lowest BCUT2D eigenvalue weighted by molar-refractivity contribution is -0.119. The monoisotopic (exact) mass is 240 g/mol. The van der Waals surface area contributed by atoms with Crippen molar-refractivity contribution in [1.29, 1.82) is 0 Å².